The first-order valence-electron chi connectivity index (χ1n) is 3.96. The Morgan fingerprint density at radius 3 is 2.40 bits per heavy atom. The van der Waals surface area contributed by atoms with Gasteiger partial charge in [0.1, 0.15) is 0 Å². The number of thiol groups is 1. The van der Waals surface area contributed by atoms with E-state index in [1.54, 1.807) is 0 Å². The highest BCUT2D eigenvalue weighted by molar-refractivity contribution is 7.80. The smallest absolute Gasteiger partial charge is 0.000134 e. The van der Waals surface area contributed by atoms with E-state index >= 15 is 0 Å². The molecule has 1 nitrogen and oxygen atoms in total. The molecule has 62 valence electrons. The minimum Gasteiger partial charge on any atom is -0.306 e. The van der Waals surface area contributed by atoms with Crippen LogP contribution in [0.3, 0.4) is 0 Å². The summed E-state index contributed by atoms with van der Waals surface area (Å²) < 4.78 is 0. The van der Waals surface area contributed by atoms with Gasteiger partial charge < -0.3 is 4.90 Å². The lowest BCUT2D eigenvalue weighted by molar-refractivity contribution is 0.297. The van der Waals surface area contributed by atoms with Gasteiger partial charge in [-0.2, -0.15) is 12.6 Å². The first kappa shape index (κ1) is 10.3. The molecule has 0 radical (unpaired) electrons. The highest BCUT2D eigenvalue weighted by Crippen LogP contribution is 1.96. The van der Waals surface area contributed by atoms with Gasteiger partial charge in [-0.1, -0.05) is 13.8 Å². The Labute approximate surface area is 70.2 Å². The minimum atomic E-state index is 0.782. The van der Waals surface area contributed by atoms with Crippen molar-refractivity contribution in [3.8, 4) is 0 Å². The molecule has 0 unspecified atom stereocenters. The van der Waals surface area contributed by atoms with E-state index in [-0.39, 0.29) is 0 Å². The van der Waals surface area contributed by atoms with E-state index in [1.807, 2.05) is 0 Å². The minimum absolute atomic E-state index is 0.782. The molecule has 0 aromatic heterocycles. The first-order chi connectivity index (χ1) is 4.66. The molecule has 0 atom stereocenters. The van der Waals surface area contributed by atoms with Gasteiger partial charge in [0.25, 0.3) is 0 Å². The molecule has 0 aliphatic carbocycles. The Morgan fingerprint density at radius 2 is 2.00 bits per heavy atom. The average Bonchev–Trinajstić information content (AvgIpc) is 1.82. The Kier molecular flexibility index (Phi) is 6.24. The summed E-state index contributed by atoms with van der Waals surface area (Å²) in [4.78, 5) is 2.36. The summed E-state index contributed by atoms with van der Waals surface area (Å²) in [5.41, 5.74) is 0. The molecule has 0 amide bonds. The molecule has 0 bridgehead atoms. The Bertz CT molecular complexity index is 73.7. The van der Waals surface area contributed by atoms with E-state index in [1.165, 1.54) is 19.5 Å². The van der Waals surface area contributed by atoms with E-state index in [9.17, 15) is 0 Å². The van der Waals surface area contributed by atoms with Crippen LogP contribution in [0.1, 0.15) is 20.3 Å². The van der Waals surface area contributed by atoms with Gasteiger partial charge in [-0.15, -0.1) is 0 Å². The van der Waals surface area contributed by atoms with E-state index < -0.39 is 0 Å². The van der Waals surface area contributed by atoms with Gasteiger partial charge in [-0.05, 0) is 31.7 Å². The second kappa shape index (κ2) is 6.05. The Balaban J connectivity index is 3.16. The van der Waals surface area contributed by atoms with Crippen molar-refractivity contribution in [1.82, 2.24) is 4.90 Å². The van der Waals surface area contributed by atoms with Crippen LogP contribution in [0.4, 0.5) is 0 Å². The largest absolute Gasteiger partial charge is 0.306 e. The Morgan fingerprint density at radius 1 is 1.40 bits per heavy atom. The fourth-order valence-corrected chi connectivity index (χ4v) is 1.20. The third-order valence-electron chi connectivity index (χ3n) is 1.37. The molecule has 0 saturated carbocycles. The van der Waals surface area contributed by atoms with Crippen molar-refractivity contribution in [3.63, 3.8) is 0 Å². The molecule has 0 saturated heterocycles. The number of rotatable bonds is 5. The molecule has 0 spiro atoms. The van der Waals surface area contributed by atoms with Crippen LogP contribution in [0.2, 0.25) is 0 Å². The van der Waals surface area contributed by atoms with Gasteiger partial charge in [-0.3, -0.25) is 0 Å². The van der Waals surface area contributed by atoms with Gasteiger partial charge >= 0.3 is 0 Å². The zero-order chi connectivity index (χ0) is 7.98. The molecule has 0 aliphatic heterocycles. The van der Waals surface area contributed by atoms with Crippen molar-refractivity contribution in [2.75, 3.05) is 25.9 Å². The maximum absolute atomic E-state index is 4.16. The molecule has 10 heavy (non-hydrogen) atoms. The third-order valence-corrected chi connectivity index (χ3v) is 1.69. The van der Waals surface area contributed by atoms with E-state index in [4.69, 9.17) is 0 Å². The zero-order valence-electron chi connectivity index (χ0n) is 7.30. The lowest BCUT2D eigenvalue weighted by Crippen LogP contribution is -2.24. The molecule has 0 N–H and O–H groups in total. The number of nitrogens with zero attached hydrogens (tertiary/aromatic N) is 1. The van der Waals surface area contributed by atoms with Crippen molar-refractivity contribution >= 4 is 12.6 Å². The van der Waals surface area contributed by atoms with Crippen molar-refractivity contribution in [3.05, 3.63) is 0 Å². The SMILES string of the molecule is CC(C)CN(C)CCCS. The van der Waals surface area contributed by atoms with Crippen LogP contribution in [0.15, 0.2) is 0 Å². The maximum Gasteiger partial charge on any atom is 0.000134 e. The summed E-state index contributed by atoms with van der Waals surface area (Å²) >= 11 is 4.16. The molecule has 2 heteroatoms. The van der Waals surface area contributed by atoms with Crippen LogP contribution < -0.4 is 0 Å². The van der Waals surface area contributed by atoms with Gasteiger partial charge in [0.15, 0.2) is 0 Å². The predicted octanol–water partition coefficient (Wildman–Crippen LogP) is 1.89. The monoisotopic (exact) mass is 161 g/mol. The second-order valence-electron chi connectivity index (χ2n) is 3.23. The lowest BCUT2D eigenvalue weighted by Gasteiger charge is -2.17. The van der Waals surface area contributed by atoms with Crippen molar-refractivity contribution in [1.29, 1.82) is 0 Å². The zero-order valence-corrected chi connectivity index (χ0v) is 8.19. The highest BCUT2D eigenvalue weighted by Gasteiger charge is 1.99. The first-order valence-corrected chi connectivity index (χ1v) is 4.59. The third kappa shape index (κ3) is 6.43. The van der Waals surface area contributed by atoms with Gasteiger partial charge in [0.2, 0.25) is 0 Å². The number of hydrogen-bond donors (Lipinski definition) is 1. The lowest BCUT2D eigenvalue weighted by atomic mass is 10.2. The predicted molar refractivity (Wildman–Crippen MR) is 50.8 cm³/mol. The van der Waals surface area contributed by atoms with Crippen molar-refractivity contribution in [2.24, 2.45) is 5.92 Å². The van der Waals surface area contributed by atoms with E-state index in [2.05, 4.69) is 38.4 Å². The van der Waals surface area contributed by atoms with Crippen molar-refractivity contribution in [2.45, 2.75) is 20.3 Å². The molecule has 0 heterocycles. The summed E-state index contributed by atoms with van der Waals surface area (Å²) in [6.07, 6.45) is 1.20. The average molecular weight is 161 g/mol. The van der Waals surface area contributed by atoms with Crippen LogP contribution in [-0.2, 0) is 0 Å². The van der Waals surface area contributed by atoms with Crippen LogP contribution >= 0.6 is 12.6 Å². The van der Waals surface area contributed by atoms with Crippen LogP contribution in [0.25, 0.3) is 0 Å². The quantitative estimate of drug-likeness (QED) is 0.603. The molecule has 0 fully saturated rings. The fraction of sp³-hybridized carbons (Fsp3) is 1.00. The van der Waals surface area contributed by atoms with Crippen LogP contribution in [0, 0.1) is 5.92 Å². The maximum atomic E-state index is 4.16. The van der Waals surface area contributed by atoms with Gasteiger partial charge in [0.05, 0.1) is 0 Å². The summed E-state index contributed by atoms with van der Waals surface area (Å²) in [6, 6.07) is 0. The Hall–Kier alpha value is 0.310. The van der Waals surface area contributed by atoms with Crippen molar-refractivity contribution < 1.29 is 0 Å². The summed E-state index contributed by atoms with van der Waals surface area (Å²) in [6.45, 7) is 6.88. The second-order valence-corrected chi connectivity index (χ2v) is 3.68. The highest BCUT2D eigenvalue weighted by atomic mass is 32.1. The molecular weight excluding hydrogens is 142 g/mol. The summed E-state index contributed by atoms with van der Waals surface area (Å²) in [5.74, 6) is 1.78. The fourth-order valence-electron chi connectivity index (χ4n) is 1.06. The molecule has 0 aliphatic rings. The van der Waals surface area contributed by atoms with E-state index in [0.29, 0.717) is 0 Å². The molecular formula is C8H19NS. The van der Waals surface area contributed by atoms with Gasteiger partial charge in [-0.25, -0.2) is 0 Å². The van der Waals surface area contributed by atoms with Crippen LogP contribution in [-0.4, -0.2) is 30.8 Å². The topological polar surface area (TPSA) is 3.24 Å². The van der Waals surface area contributed by atoms with Gasteiger partial charge in [0, 0.05) is 6.54 Å². The molecule has 0 aromatic carbocycles. The summed E-state index contributed by atoms with van der Waals surface area (Å²) in [7, 11) is 2.17. The number of hydrogen-bond acceptors (Lipinski definition) is 2. The standard InChI is InChI=1S/C8H19NS/c1-8(2)7-9(3)5-4-6-10/h8,10H,4-7H2,1-3H3. The van der Waals surface area contributed by atoms with E-state index in [0.717, 1.165) is 11.7 Å². The summed E-state index contributed by atoms with van der Waals surface area (Å²) in [5, 5.41) is 0. The molecule has 0 aromatic rings. The molecule has 0 rings (SSSR count). The van der Waals surface area contributed by atoms with Crippen LogP contribution in [0.5, 0.6) is 0 Å². The normalized spacial score (nSPS) is 11.4.